The van der Waals surface area contributed by atoms with Crippen LogP contribution in [0.3, 0.4) is 0 Å². The zero-order chi connectivity index (χ0) is 14.7. The lowest BCUT2D eigenvalue weighted by atomic mass is 10.1. The van der Waals surface area contributed by atoms with Gasteiger partial charge in [0, 0.05) is 11.9 Å². The molecular weight excluding hydrogens is 281 g/mol. The average Bonchev–Trinajstić information content (AvgIpc) is 2.38. The first-order chi connectivity index (χ1) is 9.52. The largest absolute Gasteiger partial charge is 0.321 e. The Bertz CT molecular complexity index is 725. The fourth-order valence-electron chi connectivity index (χ4n) is 1.63. The van der Waals surface area contributed by atoms with Crippen LogP contribution in [0.2, 0.25) is 5.02 Å². The maximum Gasteiger partial charge on any atom is 0.258 e. The number of hydrogen-bond acceptors (Lipinski definition) is 3. The van der Waals surface area contributed by atoms with Crippen LogP contribution in [0.1, 0.15) is 21.6 Å². The Morgan fingerprint density at radius 3 is 2.90 bits per heavy atom. The predicted octanol–water partition coefficient (Wildman–Crippen LogP) is 3.31. The monoisotopic (exact) mass is 289 g/mol. The van der Waals surface area contributed by atoms with Crippen LogP contribution in [0.15, 0.2) is 30.5 Å². The van der Waals surface area contributed by atoms with Gasteiger partial charge in [-0.15, -0.1) is 0 Å². The van der Waals surface area contributed by atoms with Crippen molar-refractivity contribution in [2.24, 2.45) is 0 Å². The molecule has 0 radical (unpaired) electrons. The first kappa shape index (κ1) is 14.0. The van der Waals surface area contributed by atoms with Gasteiger partial charge in [-0.1, -0.05) is 17.7 Å². The van der Waals surface area contributed by atoms with Gasteiger partial charge in [-0.05, 0) is 25.1 Å². The number of carbonyl (C=O) groups excluding carboxylic acids is 1. The molecular formula is C14H9ClFN3O. The number of aromatic nitrogens is 1. The molecule has 0 saturated heterocycles. The molecule has 100 valence electrons. The molecule has 1 amide bonds. The molecule has 0 aliphatic heterocycles. The van der Waals surface area contributed by atoms with Crippen molar-refractivity contribution in [2.45, 2.75) is 6.92 Å². The second kappa shape index (κ2) is 5.68. The normalized spacial score (nSPS) is 9.90. The van der Waals surface area contributed by atoms with E-state index < -0.39 is 11.7 Å². The smallest absolute Gasteiger partial charge is 0.258 e. The molecule has 0 unspecified atom stereocenters. The summed E-state index contributed by atoms with van der Waals surface area (Å²) in [7, 11) is 0. The summed E-state index contributed by atoms with van der Waals surface area (Å²) in [5.41, 5.74) is 0.701. The molecule has 0 fully saturated rings. The number of pyridine rings is 1. The van der Waals surface area contributed by atoms with E-state index >= 15 is 0 Å². The Morgan fingerprint density at radius 1 is 1.50 bits per heavy atom. The summed E-state index contributed by atoms with van der Waals surface area (Å²) in [4.78, 5) is 16.0. The van der Waals surface area contributed by atoms with Crippen molar-refractivity contribution < 1.29 is 9.18 Å². The van der Waals surface area contributed by atoms with Gasteiger partial charge in [0.05, 0.1) is 16.3 Å². The van der Waals surface area contributed by atoms with Crippen molar-refractivity contribution in [1.29, 1.82) is 5.26 Å². The molecule has 1 N–H and O–H groups in total. The average molecular weight is 290 g/mol. The number of nitrogens with one attached hydrogen (secondary N) is 1. The standard InChI is InChI=1S/C14H9ClFN3O/c1-8-5-11(15)10(7-18-8)14(20)19-13-4-2-3-12(16)9(13)6-17/h2-5,7H,1H3,(H,19,20). The molecule has 0 atom stereocenters. The first-order valence-electron chi connectivity index (χ1n) is 5.65. The molecule has 0 bridgehead atoms. The van der Waals surface area contributed by atoms with E-state index in [2.05, 4.69) is 10.3 Å². The quantitative estimate of drug-likeness (QED) is 0.922. The van der Waals surface area contributed by atoms with Crippen LogP contribution in [0.5, 0.6) is 0 Å². The Labute approximate surface area is 119 Å². The van der Waals surface area contributed by atoms with Gasteiger partial charge in [-0.2, -0.15) is 5.26 Å². The molecule has 2 rings (SSSR count). The first-order valence-corrected chi connectivity index (χ1v) is 6.03. The number of anilines is 1. The number of rotatable bonds is 2. The molecule has 2 aromatic rings. The van der Waals surface area contributed by atoms with Gasteiger partial charge in [-0.25, -0.2) is 4.39 Å². The minimum Gasteiger partial charge on any atom is -0.321 e. The zero-order valence-corrected chi connectivity index (χ0v) is 11.2. The second-order valence-electron chi connectivity index (χ2n) is 4.03. The number of aryl methyl sites for hydroxylation is 1. The molecule has 1 aromatic heterocycles. The third-order valence-electron chi connectivity index (χ3n) is 2.61. The number of nitriles is 1. The summed E-state index contributed by atoms with van der Waals surface area (Å²) in [6.45, 7) is 1.74. The molecule has 4 nitrogen and oxygen atoms in total. The van der Waals surface area contributed by atoms with Crippen LogP contribution in [-0.2, 0) is 0 Å². The molecule has 6 heteroatoms. The number of nitrogens with zero attached hydrogens (tertiary/aromatic N) is 2. The third-order valence-corrected chi connectivity index (χ3v) is 2.92. The lowest BCUT2D eigenvalue weighted by Crippen LogP contribution is -2.14. The van der Waals surface area contributed by atoms with Crippen LogP contribution in [-0.4, -0.2) is 10.9 Å². The number of hydrogen-bond donors (Lipinski definition) is 1. The number of halogens is 2. The van der Waals surface area contributed by atoms with Crippen molar-refractivity contribution in [1.82, 2.24) is 4.98 Å². The highest BCUT2D eigenvalue weighted by Gasteiger charge is 2.15. The van der Waals surface area contributed by atoms with Gasteiger partial charge in [-0.3, -0.25) is 9.78 Å². The number of carbonyl (C=O) groups is 1. The van der Waals surface area contributed by atoms with Crippen LogP contribution < -0.4 is 5.32 Å². The molecule has 1 heterocycles. The molecule has 20 heavy (non-hydrogen) atoms. The summed E-state index contributed by atoms with van der Waals surface area (Å²) < 4.78 is 13.4. The number of benzene rings is 1. The van der Waals surface area contributed by atoms with E-state index in [1.165, 1.54) is 18.3 Å². The second-order valence-corrected chi connectivity index (χ2v) is 4.44. The van der Waals surface area contributed by atoms with E-state index in [9.17, 15) is 9.18 Å². The van der Waals surface area contributed by atoms with Crippen LogP contribution >= 0.6 is 11.6 Å². The minimum absolute atomic E-state index is 0.0918. The van der Waals surface area contributed by atoms with Gasteiger partial charge in [0.2, 0.25) is 0 Å². The highest BCUT2D eigenvalue weighted by molar-refractivity contribution is 6.34. The van der Waals surface area contributed by atoms with E-state index in [4.69, 9.17) is 16.9 Å². The summed E-state index contributed by atoms with van der Waals surface area (Å²) >= 11 is 5.96. The van der Waals surface area contributed by atoms with E-state index in [0.29, 0.717) is 5.69 Å². The van der Waals surface area contributed by atoms with E-state index in [1.807, 2.05) is 0 Å². The summed E-state index contributed by atoms with van der Waals surface area (Å²) in [5.74, 6) is -1.25. The molecule has 0 aliphatic rings. The van der Waals surface area contributed by atoms with Crippen molar-refractivity contribution in [2.75, 3.05) is 5.32 Å². The zero-order valence-electron chi connectivity index (χ0n) is 10.4. The molecule has 0 aliphatic carbocycles. The van der Waals surface area contributed by atoms with E-state index in [-0.39, 0.29) is 21.8 Å². The Kier molecular flexibility index (Phi) is 3.97. The van der Waals surface area contributed by atoms with Gasteiger partial charge in [0.25, 0.3) is 5.91 Å². The van der Waals surface area contributed by atoms with Crippen molar-refractivity contribution in [3.63, 3.8) is 0 Å². The fraction of sp³-hybridized carbons (Fsp3) is 0.0714. The topological polar surface area (TPSA) is 65.8 Å². The van der Waals surface area contributed by atoms with E-state index in [1.54, 1.807) is 19.1 Å². The van der Waals surface area contributed by atoms with Gasteiger partial charge >= 0.3 is 0 Å². The van der Waals surface area contributed by atoms with Crippen molar-refractivity contribution in [3.05, 3.63) is 58.1 Å². The van der Waals surface area contributed by atoms with Crippen LogP contribution in [0.25, 0.3) is 0 Å². The summed E-state index contributed by atoms with van der Waals surface area (Å²) in [5, 5.41) is 11.6. The van der Waals surface area contributed by atoms with Gasteiger partial charge in [0.15, 0.2) is 0 Å². The Hall–Kier alpha value is -2.45. The van der Waals surface area contributed by atoms with Crippen molar-refractivity contribution in [3.8, 4) is 6.07 Å². The Morgan fingerprint density at radius 2 is 2.25 bits per heavy atom. The highest BCUT2D eigenvalue weighted by Crippen LogP contribution is 2.21. The minimum atomic E-state index is -0.696. The lowest BCUT2D eigenvalue weighted by molar-refractivity contribution is 0.102. The highest BCUT2D eigenvalue weighted by atomic mass is 35.5. The van der Waals surface area contributed by atoms with Crippen LogP contribution in [0, 0.1) is 24.1 Å². The molecule has 1 aromatic carbocycles. The molecule has 0 saturated carbocycles. The number of amides is 1. The maximum absolute atomic E-state index is 13.4. The summed E-state index contributed by atoms with van der Waals surface area (Å²) in [6.07, 6.45) is 1.33. The lowest BCUT2D eigenvalue weighted by Gasteiger charge is -2.08. The van der Waals surface area contributed by atoms with Crippen molar-refractivity contribution >= 4 is 23.2 Å². The third kappa shape index (κ3) is 2.76. The van der Waals surface area contributed by atoms with E-state index in [0.717, 1.165) is 6.07 Å². The SMILES string of the molecule is Cc1cc(Cl)c(C(=O)Nc2cccc(F)c2C#N)cn1. The fourth-order valence-corrected chi connectivity index (χ4v) is 1.92. The summed E-state index contributed by atoms with van der Waals surface area (Å²) in [6, 6.07) is 7.25. The molecule has 0 spiro atoms. The van der Waals surface area contributed by atoms with Gasteiger partial charge < -0.3 is 5.32 Å². The Balaban J connectivity index is 2.33. The predicted molar refractivity (Wildman–Crippen MR) is 73.1 cm³/mol. The maximum atomic E-state index is 13.4. The van der Waals surface area contributed by atoms with Crippen LogP contribution in [0.4, 0.5) is 10.1 Å². The van der Waals surface area contributed by atoms with Gasteiger partial charge in [0.1, 0.15) is 17.4 Å².